The van der Waals surface area contributed by atoms with Gasteiger partial charge in [0.15, 0.2) is 6.10 Å². The van der Waals surface area contributed by atoms with Gasteiger partial charge in [0.05, 0.1) is 7.11 Å². The monoisotopic (exact) mass is 291 g/mol. The van der Waals surface area contributed by atoms with Crippen LogP contribution >= 0.6 is 0 Å². The van der Waals surface area contributed by atoms with E-state index in [0.717, 1.165) is 37.6 Å². The lowest BCUT2D eigenvalue weighted by molar-refractivity contribution is -0.153. The van der Waals surface area contributed by atoms with E-state index in [0.29, 0.717) is 5.92 Å². The molecule has 114 valence electrons. The Balaban J connectivity index is 1.60. The second-order valence-corrected chi connectivity index (χ2v) is 5.84. The predicted octanol–water partition coefficient (Wildman–Crippen LogP) is 1.10. The molecule has 1 saturated carbocycles. The largest absolute Gasteiger partial charge is 0.467 e. The molecule has 0 amide bonds. The van der Waals surface area contributed by atoms with Gasteiger partial charge in [0.1, 0.15) is 11.6 Å². The van der Waals surface area contributed by atoms with E-state index in [9.17, 15) is 9.90 Å². The summed E-state index contributed by atoms with van der Waals surface area (Å²) in [6.07, 6.45) is 4.72. The molecule has 0 aromatic carbocycles. The van der Waals surface area contributed by atoms with Crippen molar-refractivity contribution in [3.05, 3.63) is 18.1 Å². The number of methoxy groups -OCH3 is 1. The molecule has 6 nitrogen and oxygen atoms in total. The van der Waals surface area contributed by atoms with E-state index in [2.05, 4.69) is 19.6 Å². The number of nitrogens with zero attached hydrogens (tertiary/aromatic N) is 3. The molecule has 0 radical (unpaired) electrons. The summed E-state index contributed by atoms with van der Waals surface area (Å²) in [5, 5.41) is 9.91. The maximum absolute atomic E-state index is 11.4. The summed E-state index contributed by atoms with van der Waals surface area (Å²) in [7, 11) is 1.31. The quantitative estimate of drug-likeness (QED) is 0.837. The number of hydrogen-bond donors (Lipinski definition) is 1. The van der Waals surface area contributed by atoms with Crippen LogP contribution in [0.4, 0.5) is 5.82 Å². The average molecular weight is 291 g/mol. The molecule has 6 heteroatoms. The van der Waals surface area contributed by atoms with Gasteiger partial charge in [-0.3, -0.25) is 0 Å². The fourth-order valence-electron chi connectivity index (χ4n) is 2.84. The summed E-state index contributed by atoms with van der Waals surface area (Å²) >= 11 is 0. The normalized spacial score (nSPS) is 21.1. The van der Waals surface area contributed by atoms with Crippen LogP contribution < -0.4 is 4.90 Å². The number of piperidine rings is 1. The number of aliphatic hydroxyl groups is 1. The Morgan fingerprint density at radius 2 is 2.10 bits per heavy atom. The van der Waals surface area contributed by atoms with Gasteiger partial charge >= 0.3 is 5.97 Å². The van der Waals surface area contributed by atoms with Crippen LogP contribution in [0.15, 0.2) is 12.3 Å². The smallest absolute Gasteiger partial charge is 0.334 e. The molecule has 21 heavy (non-hydrogen) atoms. The molecule has 2 fully saturated rings. The average Bonchev–Trinajstić information content (AvgIpc) is 3.38. The van der Waals surface area contributed by atoms with E-state index >= 15 is 0 Å². The first-order valence-electron chi connectivity index (χ1n) is 7.53. The van der Waals surface area contributed by atoms with Crippen molar-refractivity contribution in [3.8, 4) is 0 Å². The van der Waals surface area contributed by atoms with Gasteiger partial charge in [0.25, 0.3) is 0 Å². The van der Waals surface area contributed by atoms with E-state index in [-0.39, 0.29) is 5.92 Å². The van der Waals surface area contributed by atoms with Gasteiger partial charge in [-0.2, -0.15) is 0 Å². The molecule has 1 aromatic heterocycles. The van der Waals surface area contributed by atoms with Crippen LogP contribution in [0.5, 0.6) is 0 Å². The van der Waals surface area contributed by atoms with E-state index in [1.165, 1.54) is 20.0 Å². The van der Waals surface area contributed by atoms with Crippen LogP contribution in [0.25, 0.3) is 0 Å². The number of hydrogen-bond acceptors (Lipinski definition) is 6. The third-order valence-corrected chi connectivity index (χ3v) is 4.35. The third-order valence-electron chi connectivity index (χ3n) is 4.35. The Morgan fingerprint density at radius 3 is 2.71 bits per heavy atom. The zero-order valence-corrected chi connectivity index (χ0v) is 12.2. The Bertz CT molecular complexity index is 511. The molecule has 2 heterocycles. The molecule has 1 aromatic rings. The highest BCUT2D eigenvalue weighted by molar-refractivity contribution is 5.74. The molecule has 1 aliphatic heterocycles. The molecule has 1 aliphatic carbocycles. The number of esters is 1. The summed E-state index contributed by atoms with van der Waals surface area (Å²) in [6, 6.07) is 1.93. The lowest BCUT2D eigenvalue weighted by Crippen LogP contribution is -2.41. The Morgan fingerprint density at radius 1 is 1.38 bits per heavy atom. The first-order chi connectivity index (χ1) is 10.2. The number of aliphatic hydroxyl groups excluding tert-OH is 1. The van der Waals surface area contributed by atoms with E-state index < -0.39 is 12.1 Å². The fourth-order valence-corrected chi connectivity index (χ4v) is 2.84. The third kappa shape index (κ3) is 3.15. The summed E-state index contributed by atoms with van der Waals surface area (Å²) < 4.78 is 4.60. The second-order valence-electron chi connectivity index (χ2n) is 5.84. The van der Waals surface area contributed by atoms with Gasteiger partial charge < -0.3 is 14.7 Å². The number of anilines is 1. The van der Waals surface area contributed by atoms with Gasteiger partial charge in [-0.1, -0.05) is 0 Å². The van der Waals surface area contributed by atoms with Gasteiger partial charge in [0.2, 0.25) is 0 Å². The molecule has 0 bridgehead atoms. The van der Waals surface area contributed by atoms with Crippen LogP contribution in [0.1, 0.15) is 37.4 Å². The Kier molecular flexibility index (Phi) is 4.05. The first-order valence-corrected chi connectivity index (χ1v) is 7.53. The van der Waals surface area contributed by atoms with Crippen molar-refractivity contribution in [3.63, 3.8) is 0 Å². The fraction of sp³-hybridized carbons (Fsp3) is 0.667. The highest BCUT2D eigenvalue weighted by atomic mass is 16.5. The minimum atomic E-state index is -1.01. The minimum Gasteiger partial charge on any atom is -0.467 e. The number of carbonyl (C=O) groups is 1. The van der Waals surface area contributed by atoms with Crippen molar-refractivity contribution in [2.75, 3.05) is 25.1 Å². The van der Waals surface area contributed by atoms with Crippen LogP contribution in [-0.2, 0) is 9.53 Å². The summed E-state index contributed by atoms with van der Waals surface area (Å²) in [4.78, 5) is 22.6. The Hall–Kier alpha value is -1.69. The standard InChI is InChI=1S/C15H21N3O3/c1-21-15(20)13(19)10-5-8-18(9-6-10)12-4-7-16-14(17-12)11-2-3-11/h4,7,10-11,13,19H,2-3,5-6,8-9H2,1H3. The van der Waals surface area contributed by atoms with Gasteiger partial charge in [-0.25, -0.2) is 14.8 Å². The number of aromatic nitrogens is 2. The van der Waals surface area contributed by atoms with E-state index in [1.54, 1.807) is 0 Å². The summed E-state index contributed by atoms with van der Waals surface area (Å²) in [5.74, 6) is 1.88. The van der Waals surface area contributed by atoms with E-state index in [1.807, 2.05) is 12.3 Å². The first kappa shape index (κ1) is 14.3. The van der Waals surface area contributed by atoms with Gasteiger partial charge in [-0.15, -0.1) is 0 Å². The maximum Gasteiger partial charge on any atom is 0.334 e. The molecule has 1 unspecified atom stereocenters. The maximum atomic E-state index is 11.4. The van der Waals surface area contributed by atoms with Crippen molar-refractivity contribution >= 4 is 11.8 Å². The van der Waals surface area contributed by atoms with Crippen LogP contribution in [0.2, 0.25) is 0 Å². The lowest BCUT2D eigenvalue weighted by Gasteiger charge is -2.34. The van der Waals surface area contributed by atoms with E-state index in [4.69, 9.17) is 0 Å². The van der Waals surface area contributed by atoms with Crippen molar-refractivity contribution < 1.29 is 14.6 Å². The van der Waals surface area contributed by atoms with Crippen molar-refractivity contribution in [1.82, 2.24) is 9.97 Å². The highest BCUT2D eigenvalue weighted by Gasteiger charge is 2.31. The number of carbonyl (C=O) groups excluding carboxylic acids is 1. The van der Waals surface area contributed by atoms with Crippen LogP contribution in [0.3, 0.4) is 0 Å². The zero-order valence-electron chi connectivity index (χ0n) is 12.2. The van der Waals surface area contributed by atoms with Crippen molar-refractivity contribution in [1.29, 1.82) is 0 Å². The molecule has 1 N–H and O–H groups in total. The summed E-state index contributed by atoms with van der Waals surface area (Å²) in [5.41, 5.74) is 0. The molecule has 0 spiro atoms. The number of rotatable bonds is 4. The highest BCUT2D eigenvalue weighted by Crippen LogP contribution is 2.38. The molecule has 2 aliphatic rings. The molecule has 3 rings (SSSR count). The van der Waals surface area contributed by atoms with Gasteiger partial charge in [0, 0.05) is 25.2 Å². The zero-order chi connectivity index (χ0) is 14.8. The Labute approximate surface area is 124 Å². The minimum absolute atomic E-state index is 0.0292. The molecular weight excluding hydrogens is 270 g/mol. The second kappa shape index (κ2) is 5.97. The molecule has 1 saturated heterocycles. The molecular formula is C15H21N3O3. The van der Waals surface area contributed by atoms with Crippen molar-refractivity contribution in [2.45, 2.75) is 37.7 Å². The van der Waals surface area contributed by atoms with Gasteiger partial charge in [-0.05, 0) is 37.7 Å². The summed E-state index contributed by atoms with van der Waals surface area (Å²) in [6.45, 7) is 1.58. The number of ether oxygens (including phenoxy) is 1. The lowest BCUT2D eigenvalue weighted by atomic mass is 9.91. The van der Waals surface area contributed by atoms with Crippen LogP contribution in [-0.4, -0.2) is 47.3 Å². The predicted molar refractivity (Wildman–Crippen MR) is 77.0 cm³/mol. The topological polar surface area (TPSA) is 75.6 Å². The SMILES string of the molecule is COC(=O)C(O)C1CCN(c2ccnc(C3CC3)n2)CC1. The van der Waals surface area contributed by atoms with Crippen LogP contribution in [0, 0.1) is 5.92 Å². The molecule has 1 atom stereocenters. The van der Waals surface area contributed by atoms with Crippen molar-refractivity contribution in [2.24, 2.45) is 5.92 Å².